The number of methoxy groups -OCH3 is 1. The van der Waals surface area contributed by atoms with E-state index < -0.39 is 0 Å². The van der Waals surface area contributed by atoms with Crippen LogP contribution < -0.4 is 4.74 Å². The zero-order valence-electron chi connectivity index (χ0n) is 8.86. The maximum absolute atomic E-state index is 8.95. The number of hydrogen-bond donors (Lipinski definition) is 1. The number of para-hydroxylation sites is 1. The smallest absolute Gasteiger partial charge is 0.122 e. The summed E-state index contributed by atoms with van der Waals surface area (Å²) in [5.41, 5.74) is 1.20. The van der Waals surface area contributed by atoms with E-state index in [0.717, 1.165) is 18.6 Å². The summed E-state index contributed by atoms with van der Waals surface area (Å²) in [6.45, 7) is 2.36. The molecular weight excluding hydrogens is 176 g/mol. The molecule has 0 aliphatic carbocycles. The zero-order valence-corrected chi connectivity index (χ0v) is 8.86. The van der Waals surface area contributed by atoms with Gasteiger partial charge in [-0.25, -0.2) is 0 Å². The molecular formula is C12H18O2. The summed E-state index contributed by atoms with van der Waals surface area (Å²) in [7, 11) is 1.69. The van der Waals surface area contributed by atoms with Crippen LogP contribution in [0.5, 0.6) is 5.75 Å². The first-order chi connectivity index (χ1) is 6.83. The molecule has 0 fully saturated rings. The lowest BCUT2D eigenvalue weighted by Crippen LogP contribution is -2.02. The van der Waals surface area contributed by atoms with Gasteiger partial charge in [0.2, 0.25) is 0 Å². The molecule has 78 valence electrons. The summed E-state index contributed by atoms with van der Waals surface area (Å²) in [6.07, 6.45) is 1.83. The average Bonchev–Trinajstić information content (AvgIpc) is 2.26. The van der Waals surface area contributed by atoms with Crippen LogP contribution in [-0.4, -0.2) is 18.8 Å². The first-order valence-electron chi connectivity index (χ1n) is 5.07. The van der Waals surface area contributed by atoms with E-state index in [9.17, 15) is 0 Å². The third-order valence-electron chi connectivity index (χ3n) is 2.55. The summed E-state index contributed by atoms with van der Waals surface area (Å²) in [5.74, 6) is 1.32. The van der Waals surface area contributed by atoms with Crippen LogP contribution in [0.1, 0.15) is 31.2 Å². The highest BCUT2D eigenvalue weighted by molar-refractivity contribution is 5.36. The third-order valence-corrected chi connectivity index (χ3v) is 2.55. The molecule has 0 radical (unpaired) electrons. The van der Waals surface area contributed by atoms with E-state index in [1.807, 2.05) is 18.2 Å². The lowest BCUT2D eigenvalue weighted by molar-refractivity contribution is 0.272. The molecule has 14 heavy (non-hydrogen) atoms. The van der Waals surface area contributed by atoms with Crippen LogP contribution in [-0.2, 0) is 0 Å². The van der Waals surface area contributed by atoms with Crippen LogP contribution in [0.4, 0.5) is 0 Å². The summed E-state index contributed by atoms with van der Waals surface area (Å²) in [5, 5.41) is 8.95. The van der Waals surface area contributed by atoms with Crippen molar-refractivity contribution in [3.05, 3.63) is 29.8 Å². The molecule has 0 bridgehead atoms. The van der Waals surface area contributed by atoms with Gasteiger partial charge in [-0.2, -0.15) is 0 Å². The van der Waals surface area contributed by atoms with Crippen molar-refractivity contribution < 1.29 is 9.84 Å². The van der Waals surface area contributed by atoms with Gasteiger partial charge in [0.15, 0.2) is 0 Å². The fourth-order valence-corrected chi connectivity index (χ4v) is 1.74. The quantitative estimate of drug-likeness (QED) is 0.780. The van der Waals surface area contributed by atoms with Crippen molar-refractivity contribution in [3.63, 3.8) is 0 Å². The topological polar surface area (TPSA) is 29.5 Å². The Morgan fingerprint density at radius 3 is 2.64 bits per heavy atom. The molecule has 0 spiro atoms. The summed E-state index contributed by atoms with van der Waals surface area (Å²) in [6, 6.07) is 8.02. The Hall–Kier alpha value is -1.02. The van der Waals surface area contributed by atoms with Gasteiger partial charge in [-0.3, -0.25) is 0 Å². The molecule has 2 nitrogen and oxygen atoms in total. The molecule has 1 N–H and O–H groups in total. The maximum atomic E-state index is 8.95. The van der Waals surface area contributed by atoms with Gasteiger partial charge in [0, 0.05) is 6.61 Å². The lowest BCUT2D eigenvalue weighted by atomic mass is 9.93. The van der Waals surface area contributed by atoms with E-state index in [2.05, 4.69) is 13.0 Å². The second-order valence-corrected chi connectivity index (χ2v) is 3.36. The minimum Gasteiger partial charge on any atom is -0.496 e. The SMILES string of the molecule is CCC(CCO)c1ccccc1OC. The number of aliphatic hydroxyl groups excluding tert-OH is 1. The van der Waals surface area contributed by atoms with Crippen LogP contribution >= 0.6 is 0 Å². The first-order valence-corrected chi connectivity index (χ1v) is 5.07. The van der Waals surface area contributed by atoms with Gasteiger partial charge >= 0.3 is 0 Å². The van der Waals surface area contributed by atoms with E-state index in [0.29, 0.717) is 5.92 Å². The monoisotopic (exact) mass is 194 g/mol. The number of hydrogen-bond acceptors (Lipinski definition) is 2. The van der Waals surface area contributed by atoms with Crippen LogP contribution in [0.15, 0.2) is 24.3 Å². The highest BCUT2D eigenvalue weighted by Crippen LogP contribution is 2.30. The van der Waals surface area contributed by atoms with E-state index >= 15 is 0 Å². The molecule has 0 aromatic heterocycles. The van der Waals surface area contributed by atoms with E-state index in [1.165, 1.54) is 5.56 Å². The summed E-state index contributed by atoms with van der Waals surface area (Å²) in [4.78, 5) is 0. The van der Waals surface area contributed by atoms with E-state index in [1.54, 1.807) is 7.11 Å². The Bertz CT molecular complexity index is 271. The van der Waals surface area contributed by atoms with Gasteiger partial charge in [-0.05, 0) is 30.4 Å². The normalized spacial score (nSPS) is 12.5. The minimum absolute atomic E-state index is 0.233. The van der Waals surface area contributed by atoms with Gasteiger partial charge in [0.1, 0.15) is 5.75 Å². The fraction of sp³-hybridized carbons (Fsp3) is 0.500. The molecule has 1 rings (SSSR count). The molecule has 1 atom stereocenters. The molecule has 1 aromatic rings. The zero-order chi connectivity index (χ0) is 10.4. The van der Waals surface area contributed by atoms with Crippen molar-refractivity contribution in [3.8, 4) is 5.75 Å². The van der Waals surface area contributed by atoms with Crippen molar-refractivity contribution >= 4 is 0 Å². The van der Waals surface area contributed by atoms with Gasteiger partial charge in [-0.15, -0.1) is 0 Å². The Morgan fingerprint density at radius 2 is 2.07 bits per heavy atom. The van der Waals surface area contributed by atoms with Gasteiger partial charge in [0.05, 0.1) is 7.11 Å². The van der Waals surface area contributed by atoms with Crippen molar-refractivity contribution in [1.82, 2.24) is 0 Å². The molecule has 0 heterocycles. The fourth-order valence-electron chi connectivity index (χ4n) is 1.74. The van der Waals surface area contributed by atoms with Gasteiger partial charge < -0.3 is 9.84 Å². The third kappa shape index (κ3) is 2.48. The van der Waals surface area contributed by atoms with Gasteiger partial charge in [-0.1, -0.05) is 25.1 Å². The Labute approximate surface area is 85.5 Å². The molecule has 2 heteroatoms. The molecule has 0 aliphatic rings. The number of rotatable bonds is 5. The summed E-state index contributed by atoms with van der Waals surface area (Å²) < 4.78 is 5.29. The first kappa shape index (κ1) is 11.1. The number of ether oxygens (including phenoxy) is 1. The lowest BCUT2D eigenvalue weighted by Gasteiger charge is -2.16. The maximum Gasteiger partial charge on any atom is 0.122 e. The van der Waals surface area contributed by atoms with Crippen LogP contribution in [0.3, 0.4) is 0 Å². The molecule has 0 aliphatic heterocycles. The van der Waals surface area contributed by atoms with Crippen molar-refractivity contribution in [1.29, 1.82) is 0 Å². The molecule has 1 unspecified atom stereocenters. The number of benzene rings is 1. The highest BCUT2D eigenvalue weighted by Gasteiger charge is 2.12. The Morgan fingerprint density at radius 1 is 1.36 bits per heavy atom. The average molecular weight is 194 g/mol. The van der Waals surface area contributed by atoms with Crippen LogP contribution in [0.25, 0.3) is 0 Å². The predicted octanol–water partition coefficient (Wildman–Crippen LogP) is 2.57. The second-order valence-electron chi connectivity index (χ2n) is 3.36. The highest BCUT2D eigenvalue weighted by atomic mass is 16.5. The van der Waals surface area contributed by atoms with Gasteiger partial charge in [0.25, 0.3) is 0 Å². The van der Waals surface area contributed by atoms with Crippen LogP contribution in [0, 0.1) is 0 Å². The molecule has 0 saturated carbocycles. The van der Waals surface area contributed by atoms with E-state index in [4.69, 9.17) is 9.84 Å². The molecule has 1 aromatic carbocycles. The molecule has 0 amide bonds. The van der Waals surface area contributed by atoms with Crippen molar-refractivity contribution in [2.45, 2.75) is 25.7 Å². The molecule has 0 saturated heterocycles. The van der Waals surface area contributed by atoms with Crippen LogP contribution in [0.2, 0.25) is 0 Å². The Kier molecular flexibility index (Phi) is 4.47. The van der Waals surface area contributed by atoms with Crippen molar-refractivity contribution in [2.75, 3.05) is 13.7 Å². The minimum atomic E-state index is 0.233. The second kappa shape index (κ2) is 5.66. The predicted molar refractivity (Wildman–Crippen MR) is 57.7 cm³/mol. The van der Waals surface area contributed by atoms with E-state index in [-0.39, 0.29) is 6.61 Å². The number of aliphatic hydroxyl groups is 1. The largest absolute Gasteiger partial charge is 0.496 e. The standard InChI is InChI=1S/C12H18O2/c1-3-10(8-9-13)11-6-4-5-7-12(11)14-2/h4-7,10,13H,3,8-9H2,1-2H3. The van der Waals surface area contributed by atoms with Crippen molar-refractivity contribution in [2.24, 2.45) is 0 Å². The summed E-state index contributed by atoms with van der Waals surface area (Å²) >= 11 is 0. The Balaban J connectivity index is 2.90.